The SMILES string of the molecule is CCC(c1ncc[nH]1)N1CCC2(CCn3nc(-c4cnc5ccccc5c4)cc32)C1. The minimum absolute atomic E-state index is 0.204. The van der Waals surface area contributed by atoms with Gasteiger partial charge in [-0.05, 0) is 44.0 Å². The number of hydrogen-bond acceptors (Lipinski definition) is 4. The van der Waals surface area contributed by atoms with E-state index in [0.717, 1.165) is 54.0 Å². The van der Waals surface area contributed by atoms with E-state index < -0.39 is 0 Å². The van der Waals surface area contributed by atoms with Crippen LogP contribution in [0.1, 0.15) is 43.7 Å². The number of rotatable bonds is 4. The molecule has 1 fully saturated rings. The quantitative estimate of drug-likeness (QED) is 0.556. The van der Waals surface area contributed by atoms with E-state index in [2.05, 4.69) is 61.8 Å². The fraction of sp³-hybridized carbons (Fsp3) is 0.375. The van der Waals surface area contributed by atoms with Gasteiger partial charge in [-0.25, -0.2) is 4.98 Å². The van der Waals surface area contributed by atoms with Crippen molar-refractivity contribution in [2.45, 2.75) is 44.2 Å². The first kappa shape index (κ1) is 17.8. The molecule has 1 aromatic carbocycles. The summed E-state index contributed by atoms with van der Waals surface area (Å²) in [6, 6.07) is 13.1. The molecule has 152 valence electrons. The maximum Gasteiger partial charge on any atom is 0.123 e. The third-order valence-electron chi connectivity index (χ3n) is 7.06. The molecular formula is C24H26N6. The predicted octanol–water partition coefficient (Wildman–Crippen LogP) is 4.32. The summed E-state index contributed by atoms with van der Waals surface area (Å²) in [6.07, 6.45) is 9.17. The molecule has 6 heteroatoms. The lowest BCUT2D eigenvalue weighted by Gasteiger charge is -2.28. The fourth-order valence-corrected chi connectivity index (χ4v) is 5.48. The summed E-state index contributed by atoms with van der Waals surface area (Å²) in [5, 5.41) is 6.13. The number of aromatic amines is 1. The third-order valence-corrected chi connectivity index (χ3v) is 7.06. The highest BCUT2D eigenvalue weighted by Gasteiger charge is 2.47. The van der Waals surface area contributed by atoms with E-state index in [1.54, 1.807) is 0 Å². The van der Waals surface area contributed by atoms with Gasteiger partial charge in [-0.3, -0.25) is 14.6 Å². The molecule has 2 atom stereocenters. The van der Waals surface area contributed by atoms with Crippen LogP contribution in [0, 0.1) is 0 Å². The monoisotopic (exact) mass is 398 g/mol. The largest absolute Gasteiger partial charge is 0.347 e. The molecule has 5 heterocycles. The molecule has 0 aliphatic carbocycles. The third kappa shape index (κ3) is 2.70. The molecule has 4 aromatic rings. The zero-order chi connectivity index (χ0) is 20.1. The lowest BCUT2D eigenvalue weighted by molar-refractivity contribution is 0.215. The van der Waals surface area contributed by atoms with Gasteiger partial charge in [0.1, 0.15) is 5.82 Å². The van der Waals surface area contributed by atoms with Gasteiger partial charge in [-0.2, -0.15) is 5.10 Å². The maximum atomic E-state index is 4.97. The Kier molecular flexibility index (Phi) is 4.03. The molecule has 2 aliphatic heterocycles. The second kappa shape index (κ2) is 6.77. The van der Waals surface area contributed by atoms with Crippen molar-refractivity contribution in [3.8, 4) is 11.3 Å². The van der Waals surface area contributed by atoms with E-state index in [9.17, 15) is 0 Å². The van der Waals surface area contributed by atoms with Gasteiger partial charge in [0.2, 0.25) is 0 Å². The average Bonchev–Trinajstić information content (AvgIpc) is 3.56. The molecule has 2 aliphatic rings. The highest BCUT2D eigenvalue weighted by molar-refractivity contribution is 5.82. The minimum Gasteiger partial charge on any atom is -0.347 e. The second-order valence-corrected chi connectivity index (χ2v) is 8.70. The van der Waals surface area contributed by atoms with E-state index in [1.807, 2.05) is 24.7 Å². The first-order valence-corrected chi connectivity index (χ1v) is 10.9. The Balaban J connectivity index is 1.31. The molecule has 1 N–H and O–H groups in total. The number of para-hydroxylation sites is 1. The molecule has 0 radical (unpaired) electrons. The highest BCUT2D eigenvalue weighted by Crippen LogP contribution is 2.46. The number of pyridine rings is 1. The Labute approximate surface area is 176 Å². The Morgan fingerprint density at radius 2 is 2.03 bits per heavy atom. The molecular weight excluding hydrogens is 372 g/mol. The standard InChI is InChI=1S/C24H26N6/c1-2-21(23-25-9-10-26-23)29-11-7-24(16-29)8-12-30-22(24)14-20(28-30)18-13-17-5-3-4-6-19(17)27-15-18/h3-6,9-10,13-15,21H,2,7-8,11-12,16H2,1H3,(H,25,26). The number of aryl methyl sites for hydroxylation is 1. The van der Waals surface area contributed by atoms with Gasteiger partial charge < -0.3 is 4.98 Å². The zero-order valence-corrected chi connectivity index (χ0v) is 17.3. The van der Waals surface area contributed by atoms with Gasteiger partial charge in [0.15, 0.2) is 0 Å². The van der Waals surface area contributed by atoms with Crippen molar-refractivity contribution in [2.75, 3.05) is 13.1 Å². The molecule has 3 aromatic heterocycles. The summed E-state index contributed by atoms with van der Waals surface area (Å²) in [7, 11) is 0. The normalized spacial score (nSPS) is 22.2. The van der Waals surface area contributed by atoms with Crippen LogP contribution in [-0.4, -0.2) is 42.7 Å². The molecule has 2 unspecified atom stereocenters. The van der Waals surface area contributed by atoms with Crippen LogP contribution >= 0.6 is 0 Å². The second-order valence-electron chi connectivity index (χ2n) is 8.70. The van der Waals surface area contributed by atoms with Gasteiger partial charge in [0, 0.05) is 53.7 Å². The highest BCUT2D eigenvalue weighted by atomic mass is 15.3. The van der Waals surface area contributed by atoms with Gasteiger partial charge in [-0.15, -0.1) is 0 Å². The van der Waals surface area contributed by atoms with Gasteiger partial charge in [0.25, 0.3) is 0 Å². The Hall–Kier alpha value is -2.99. The van der Waals surface area contributed by atoms with Crippen molar-refractivity contribution in [3.05, 3.63) is 66.5 Å². The van der Waals surface area contributed by atoms with Crippen LogP contribution < -0.4 is 0 Å². The summed E-state index contributed by atoms with van der Waals surface area (Å²) in [5.74, 6) is 1.09. The zero-order valence-electron chi connectivity index (χ0n) is 17.3. The summed E-state index contributed by atoms with van der Waals surface area (Å²) >= 11 is 0. The Morgan fingerprint density at radius 1 is 1.13 bits per heavy atom. The Bertz CT molecular complexity index is 1190. The average molecular weight is 399 g/mol. The summed E-state index contributed by atoms with van der Waals surface area (Å²) in [5.41, 5.74) is 4.76. The van der Waals surface area contributed by atoms with Crippen molar-refractivity contribution < 1.29 is 0 Å². The van der Waals surface area contributed by atoms with Crippen LogP contribution in [0.25, 0.3) is 22.2 Å². The number of fused-ring (bicyclic) bond motifs is 3. The van der Waals surface area contributed by atoms with Crippen molar-refractivity contribution in [3.63, 3.8) is 0 Å². The van der Waals surface area contributed by atoms with E-state index in [1.165, 1.54) is 18.5 Å². The van der Waals surface area contributed by atoms with Crippen LogP contribution in [0.15, 0.2) is 55.0 Å². The summed E-state index contributed by atoms with van der Waals surface area (Å²) in [6.45, 7) is 5.44. The molecule has 1 spiro atoms. The van der Waals surface area contributed by atoms with Crippen molar-refractivity contribution in [1.82, 2.24) is 29.6 Å². The molecule has 6 nitrogen and oxygen atoms in total. The first-order valence-electron chi connectivity index (χ1n) is 10.9. The topological polar surface area (TPSA) is 62.6 Å². The number of aromatic nitrogens is 5. The van der Waals surface area contributed by atoms with E-state index in [0.29, 0.717) is 6.04 Å². The predicted molar refractivity (Wildman–Crippen MR) is 117 cm³/mol. The fourth-order valence-electron chi connectivity index (χ4n) is 5.48. The van der Waals surface area contributed by atoms with Gasteiger partial charge >= 0.3 is 0 Å². The van der Waals surface area contributed by atoms with E-state index in [4.69, 9.17) is 5.10 Å². The van der Waals surface area contributed by atoms with Crippen molar-refractivity contribution in [2.24, 2.45) is 0 Å². The van der Waals surface area contributed by atoms with Crippen molar-refractivity contribution >= 4 is 10.9 Å². The molecule has 0 saturated carbocycles. The molecule has 6 rings (SSSR count). The molecule has 1 saturated heterocycles. The van der Waals surface area contributed by atoms with Gasteiger partial charge in [0.05, 0.1) is 17.3 Å². The number of benzene rings is 1. The lowest BCUT2D eigenvalue weighted by atomic mass is 9.82. The first-order chi connectivity index (χ1) is 14.8. The minimum atomic E-state index is 0.204. The van der Waals surface area contributed by atoms with Crippen LogP contribution in [0.2, 0.25) is 0 Å². The van der Waals surface area contributed by atoms with Crippen LogP contribution in [0.4, 0.5) is 0 Å². The number of H-pyrrole nitrogens is 1. The van der Waals surface area contributed by atoms with Gasteiger partial charge in [-0.1, -0.05) is 25.1 Å². The number of nitrogens with zero attached hydrogens (tertiary/aromatic N) is 5. The van der Waals surface area contributed by atoms with Crippen LogP contribution in [0.5, 0.6) is 0 Å². The van der Waals surface area contributed by atoms with E-state index >= 15 is 0 Å². The van der Waals surface area contributed by atoms with Crippen molar-refractivity contribution in [1.29, 1.82) is 0 Å². The summed E-state index contributed by atoms with van der Waals surface area (Å²) in [4.78, 5) is 15.1. The van der Waals surface area contributed by atoms with Crippen LogP contribution in [0.3, 0.4) is 0 Å². The Morgan fingerprint density at radius 3 is 2.90 bits per heavy atom. The smallest absolute Gasteiger partial charge is 0.123 e. The number of imidazole rings is 1. The lowest BCUT2D eigenvalue weighted by Crippen LogP contribution is -2.32. The number of nitrogens with one attached hydrogen (secondary N) is 1. The molecule has 0 bridgehead atoms. The molecule has 0 amide bonds. The van der Waals surface area contributed by atoms with Crippen LogP contribution in [-0.2, 0) is 12.0 Å². The van der Waals surface area contributed by atoms with E-state index in [-0.39, 0.29) is 5.41 Å². The number of likely N-dealkylation sites (tertiary alicyclic amines) is 1. The molecule has 30 heavy (non-hydrogen) atoms. The summed E-state index contributed by atoms with van der Waals surface area (Å²) < 4.78 is 2.24. The number of hydrogen-bond donors (Lipinski definition) is 1. The maximum absolute atomic E-state index is 4.97.